The summed E-state index contributed by atoms with van der Waals surface area (Å²) in [5.41, 5.74) is 0. The van der Waals surface area contributed by atoms with Gasteiger partial charge in [0, 0.05) is 39.3 Å². The number of guanidine groups is 1. The van der Waals surface area contributed by atoms with Gasteiger partial charge in [-0.25, -0.2) is 4.99 Å². The zero-order chi connectivity index (χ0) is 18.8. The molecule has 2 heterocycles. The monoisotopic (exact) mass is 383 g/mol. The molecule has 1 aromatic rings. The van der Waals surface area contributed by atoms with Crippen LogP contribution in [0.3, 0.4) is 0 Å². The first-order chi connectivity index (χ1) is 12.6. The van der Waals surface area contributed by atoms with E-state index in [2.05, 4.69) is 38.9 Å². The predicted molar refractivity (Wildman–Crippen MR) is 108 cm³/mol. The summed E-state index contributed by atoms with van der Waals surface area (Å²) >= 11 is 1.86. The summed E-state index contributed by atoms with van der Waals surface area (Å²) in [7, 11) is 1.97. The van der Waals surface area contributed by atoms with Crippen molar-refractivity contribution in [3.8, 4) is 0 Å². The number of thioether (sulfide) groups is 1. The van der Waals surface area contributed by atoms with Gasteiger partial charge in [-0.15, -0.1) is 10.2 Å². The zero-order valence-corrected chi connectivity index (χ0v) is 17.3. The Morgan fingerprint density at radius 2 is 2.08 bits per heavy atom. The van der Waals surface area contributed by atoms with Crippen molar-refractivity contribution in [3.05, 3.63) is 11.6 Å². The first-order valence-electron chi connectivity index (χ1n) is 9.29. The van der Waals surface area contributed by atoms with Crippen molar-refractivity contribution >= 4 is 17.7 Å². The van der Waals surface area contributed by atoms with Gasteiger partial charge in [0.1, 0.15) is 12.4 Å². The van der Waals surface area contributed by atoms with E-state index in [9.17, 15) is 0 Å². The number of aliphatic imine (C=N–C) groups is 1. The molecule has 1 aliphatic rings. The smallest absolute Gasteiger partial charge is 0.191 e. The molecule has 26 heavy (non-hydrogen) atoms. The van der Waals surface area contributed by atoms with E-state index in [1.165, 1.54) is 0 Å². The molecule has 148 valence electrons. The van der Waals surface area contributed by atoms with Gasteiger partial charge in [0.25, 0.3) is 0 Å². The van der Waals surface area contributed by atoms with Crippen LogP contribution in [-0.2, 0) is 18.3 Å². The minimum atomic E-state index is 0.439. The Hall–Kier alpha value is -1.32. The molecule has 1 unspecified atom stereocenters. The van der Waals surface area contributed by atoms with Crippen LogP contribution in [0, 0.1) is 6.92 Å². The lowest BCUT2D eigenvalue weighted by molar-refractivity contribution is 0.0211. The molecule has 0 aromatic carbocycles. The van der Waals surface area contributed by atoms with Crippen LogP contribution >= 0.6 is 11.8 Å². The highest BCUT2D eigenvalue weighted by Gasteiger charge is 2.17. The van der Waals surface area contributed by atoms with Crippen LogP contribution in [0.25, 0.3) is 0 Å². The standard InChI is InChI=1S/C17H33N7OS/c1-14(24-7-9-25-10-8-24)12-19-17(18-6-5-11-26-4)20-13-16-22-21-15(2)23(16)3/h14H,5-13H2,1-4H3,(H2,18,19,20). The van der Waals surface area contributed by atoms with Crippen LogP contribution in [0.2, 0.25) is 0 Å². The Balaban J connectivity index is 1.88. The molecule has 1 fully saturated rings. The molecular weight excluding hydrogens is 350 g/mol. The fourth-order valence-corrected chi connectivity index (χ4v) is 3.16. The third-order valence-corrected chi connectivity index (χ3v) is 5.31. The molecule has 0 bridgehead atoms. The average Bonchev–Trinajstić information content (AvgIpc) is 2.99. The second-order valence-electron chi connectivity index (χ2n) is 6.54. The first-order valence-corrected chi connectivity index (χ1v) is 10.7. The lowest BCUT2D eigenvalue weighted by atomic mass is 10.2. The molecule has 1 aliphatic heterocycles. The molecule has 0 amide bonds. The highest BCUT2D eigenvalue weighted by Crippen LogP contribution is 2.03. The van der Waals surface area contributed by atoms with Crippen LogP contribution in [0.1, 0.15) is 25.0 Å². The molecule has 1 saturated heterocycles. The van der Waals surface area contributed by atoms with E-state index in [0.717, 1.165) is 69.2 Å². The summed E-state index contributed by atoms with van der Waals surface area (Å²) in [5, 5.41) is 15.2. The van der Waals surface area contributed by atoms with Crippen molar-refractivity contribution in [2.75, 3.05) is 51.4 Å². The molecule has 8 nitrogen and oxygen atoms in total. The van der Waals surface area contributed by atoms with E-state index in [1.54, 1.807) is 0 Å². The highest BCUT2D eigenvalue weighted by atomic mass is 32.2. The zero-order valence-electron chi connectivity index (χ0n) is 16.5. The number of aromatic nitrogens is 3. The van der Waals surface area contributed by atoms with Gasteiger partial charge < -0.3 is 19.9 Å². The van der Waals surface area contributed by atoms with E-state index in [-0.39, 0.29) is 0 Å². The van der Waals surface area contributed by atoms with Crippen molar-refractivity contribution in [2.24, 2.45) is 12.0 Å². The maximum Gasteiger partial charge on any atom is 0.191 e. The van der Waals surface area contributed by atoms with Crippen molar-refractivity contribution in [3.63, 3.8) is 0 Å². The summed E-state index contributed by atoms with van der Waals surface area (Å²) in [6.07, 6.45) is 3.25. The minimum absolute atomic E-state index is 0.439. The second-order valence-corrected chi connectivity index (χ2v) is 7.52. The Kier molecular flexibility index (Phi) is 9.21. The second kappa shape index (κ2) is 11.4. The lowest BCUT2D eigenvalue weighted by Crippen LogP contribution is -2.49. The fourth-order valence-electron chi connectivity index (χ4n) is 2.73. The van der Waals surface area contributed by atoms with Crippen molar-refractivity contribution < 1.29 is 4.74 Å². The van der Waals surface area contributed by atoms with Gasteiger partial charge in [0.05, 0.1) is 13.2 Å². The van der Waals surface area contributed by atoms with Gasteiger partial charge >= 0.3 is 0 Å². The summed E-state index contributed by atoms with van der Waals surface area (Å²) < 4.78 is 7.41. The summed E-state index contributed by atoms with van der Waals surface area (Å²) in [6.45, 7) is 10.1. The van der Waals surface area contributed by atoms with E-state index in [4.69, 9.17) is 9.73 Å². The largest absolute Gasteiger partial charge is 0.379 e. The van der Waals surface area contributed by atoms with Crippen LogP contribution in [0.4, 0.5) is 0 Å². The quantitative estimate of drug-likeness (QED) is 0.368. The summed E-state index contributed by atoms with van der Waals surface area (Å²) in [5.74, 6) is 3.76. The fraction of sp³-hybridized carbons (Fsp3) is 0.824. The molecule has 0 spiro atoms. The van der Waals surface area contributed by atoms with Crippen molar-refractivity contribution in [1.82, 2.24) is 30.3 Å². The number of hydrogen-bond acceptors (Lipinski definition) is 6. The van der Waals surface area contributed by atoms with Gasteiger partial charge in [0.2, 0.25) is 0 Å². The number of nitrogens with one attached hydrogen (secondary N) is 2. The molecule has 1 atom stereocenters. The van der Waals surface area contributed by atoms with Crippen molar-refractivity contribution in [1.29, 1.82) is 0 Å². The molecule has 0 saturated carbocycles. The number of nitrogens with zero attached hydrogens (tertiary/aromatic N) is 5. The van der Waals surface area contributed by atoms with Crippen LogP contribution in [0.5, 0.6) is 0 Å². The van der Waals surface area contributed by atoms with Gasteiger partial charge in [0.15, 0.2) is 11.8 Å². The Labute approximate surface area is 161 Å². The van der Waals surface area contributed by atoms with E-state index < -0.39 is 0 Å². The maximum absolute atomic E-state index is 5.44. The third kappa shape index (κ3) is 6.77. The Morgan fingerprint density at radius 1 is 1.31 bits per heavy atom. The molecular formula is C17H33N7OS. The topological polar surface area (TPSA) is 79.6 Å². The lowest BCUT2D eigenvalue weighted by Gasteiger charge is -2.32. The van der Waals surface area contributed by atoms with Gasteiger partial charge in [-0.2, -0.15) is 11.8 Å². The molecule has 0 aliphatic carbocycles. The van der Waals surface area contributed by atoms with Gasteiger partial charge in [-0.3, -0.25) is 4.90 Å². The van der Waals surface area contributed by atoms with Crippen LogP contribution in [0.15, 0.2) is 4.99 Å². The van der Waals surface area contributed by atoms with Crippen LogP contribution in [-0.4, -0.2) is 83.1 Å². The molecule has 9 heteroatoms. The van der Waals surface area contributed by atoms with Crippen molar-refractivity contribution in [2.45, 2.75) is 32.9 Å². The molecule has 2 rings (SSSR count). The van der Waals surface area contributed by atoms with Crippen LogP contribution < -0.4 is 10.6 Å². The highest BCUT2D eigenvalue weighted by molar-refractivity contribution is 7.98. The molecule has 2 N–H and O–H groups in total. The number of aryl methyl sites for hydroxylation is 1. The number of morpholine rings is 1. The Morgan fingerprint density at radius 3 is 2.73 bits per heavy atom. The van der Waals surface area contributed by atoms with E-state index >= 15 is 0 Å². The van der Waals surface area contributed by atoms with Gasteiger partial charge in [-0.1, -0.05) is 0 Å². The number of ether oxygens (including phenoxy) is 1. The summed E-state index contributed by atoms with van der Waals surface area (Å²) in [4.78, 5) is 7.16. The maximum atomic E-state index is 5.44. The normalized spacial score (nSPS) is 17.3. The average molecular weight is 384 g/mol. The van der Waals surface area contributed by atoms with Gasteiger partial charge in [-0.05, 0) is 32.3 Å². The predicted octanol–water partition coefficient (Wildman–Crippen LogP) is 0.633. The van der Waals surface area contributed by atoms with E-state index in [0.29, 0.717) is 12.6 Å². The number of hydrogen-bond donors (Lipinski definition) is 2. The third-order valence-electron chi connectivity index (χ3n) is 4.61. The minimum Gasteiger partial charge on any atom is -0.379 e. The molecule has 0 radical (unpaired) electrons. The summed E-state index contributed by atoms with van der Waals surface area (Å²) in [6, 6.07) is 0.439. The SMILES string of the molecule is CSCCCNC(=NCc1nnc(C)n1C)NCC(C)N1CCOCC1. The number of rotatable bonds is 9. The Bertz CT molecular complexity index is 557. The molecule has 1 aromatic heterocycles. The van der Waals surface area contributed by atoms with E-state index in [1.807, 2.05) is 30.3 Å². The first kappa shape index (κ1) is 21.0.